The number of rotatable bonds is 6. The molecule has 0 atom stereocenters. The van der Waals surface area contributed by atoms with Gasteiger partial charge in [0, 0.05) is 24.9 Å². The normalized spacial score (nSPS) is 10.0. The number of benzene rings is 2. The number of amides is 3. The van der Waals surface area contributed by atoms with Crippen LogP contribution in [0.2, 0.25) is 0 Å². The molecule has 0 saturated heterocycles. The average Bonchev–Trinajstić information content (AvgIpc) is 2.82. The van der Waals surface area contributed by atoms with Gasteiger partial charge < -0.3 is 14.9 Å². The van der Waals surface area contributed by atoms with Crippen molar-refractivity contribution in [3.8, 4) is 17.2 Å². The number of pyridine rings is 1. The highest BCUT2D eigenvalue weighted by molar-refractivity contribution is 6.00. The minimum atomic E-state index is -0.584. The third-order valence-corrected chi connectivity index (χ3v) is 4.09. The van der Waals surface area contributed by atoms with Crippen LogP contribution >= 0.6 is 0 Å². The molecule has 3 aromatic rings. The van der Waals surface area contributed by atoms with Crippen LogP contribution in [-0.4, -0.2) is 29.8 Å². The topological polar surface area (TPSA) is 145 Å². The van der Waals surface area contributed by atoms with Crippen LogP contribution in [0.15, 0.2) is 66.9 Å². The van der Waals surface area contributed by atoms with E-state index in [9.17, 15) is 14.4 Å². The number of para-hydroxylation sites is 1. The lowest BCUT2D eigenvalue weighted by Gasteiger charge is -2.10. The molecule has 0 saturated carbocycles. The monoisotopic (exact) mass is 421 g/mol. The number of carbonyl (C=O) groups is 3. The van der Waals surface area contributed by atoms with E-state index in [4.69, 9.17) is 10.6 Å². The van der Waals surface area contributed by atoms with Crippen molar-refractivity contribution >= 4 is 17.7 Å². The second-order valence-corrected chi connectivity index (χ2v) is 6.10. The summed E-state index contributed by atoms with van der Waals surface area (Å²) in [5.74, 6) is 4.72. The van der Waals surface area contributed by atoms with E-state index in [0.29, 0.717) is 11.5 Å². The van der Waals surface area contributed by atoms with E-state index in [2.05, 4.69) is 26.0 Å². The first kappa shape index (κ1) is 21.3. The second-order valence-electron chi connectivity index (χ2n) is 6.10. The Hall–Kier alpha value is -4.44. The molecule has 0 aliphatic heterocycles. The molecule has 31 heavy (non-hydrogen) atoms. The van der Waals surface area contributed by atoms with Crippen molar-refractivity contribution in [1.82, 2.24) is 21.2 Å². The summed E-state index contributed by atoms with van der Waals surface area (Å²) < 4.78 is 5.68. The van der Waals surface area contributed by atoms with Gasteiger partial charge in [0.2, 0.25) is 0 Å². The number of aromatic nitrogens is 1. The third kappa shape index (κ3) is 5.34. The molecule has 0 aliphatic rings. The molecule has 0 aliphatic carbocycles. The van der Waals surface area contributed by atoms with Gasteiger partial charge in [-0.05, 0) is 42.5 Å². The minimum absolute atomic E-state index is 0.169. The summed E-state index contributed by atoms with van der Waals surface area (Å²) in [6, 6.07) is 15.6. The van der Waals surface area contributed by atoms with Gasteiger partial charge in [0.1, 0.15) is 17.2 Å². The zero-order valence-corrected chi connectivity index (χ0v) is 16.4. The van der Waals surface area contributed by atoms with Crippen molar-refractivity contribution in [1.29, 1.82) is 0 Å². The lowest BCUT2D eigenvalue weighted by molar-refractivity contribution is 0.0844. The molecular formula is C21H19N5O5. The number of nitrogens with one attached hydrogen (secondary N) is 3. The van der Waals surface area contributed by atoms with Crippen LogP contribution in [0.1, 0.15) is 31.2 Å². The lowest BCUT2D eigenvalue weighted by Crippen LogP contribution is -2.41. The number of hydrazine groups is 1. The van der Waals surface area contributed by atoms with Crippen LogP contribution in [0.25, 0.3) is 0 Å². The highest BCUT2D eigenvalue weighted by Gasteiger charge is 2.14. The molecule has 3 rings (SSSR count). The van der Waals surface area contributed by atoms with Gasteiger partial charge in [0.15, 0.2) is 5.75 Å². The van der Waals surface area contributed by atoms with Crippen LogP contribution in [0, 0.1) is 0 Å². The Morgan fingerprint density at radius 3 is 2.29 bits per heavy atom. The maximum atomic E-state index is 12.3. The SMILES string of the molecule is CNC(=O)c1cc(Oc2ccc(C(=O)NNC(=O)c3ccccc3ON)cc2)ccn1. The number of ether oxygens (including phenoxy) is 1. The fraction of sp³-hybridized carbons (Fsp3) is 0.0476. The summed E-state index contributed by atoms with van der Waals surface area (Å²) in [6.45, 7) is 0. The molecule has 1 heterocycles. The van der Waals surface area contributed by atoms with Gasteiger partial charge in [-0.25, -0.2) is 0 Å². The smallest absolute Gasteiger partial charge is 0.273 e. The van der Waals surface area contributed by atoms with Crippen molar-refractivity contribution in [3.05, 3.63) is 83.7 Å². The lowest BCUT2D eigenvalue weighted by atomic mass is 10.2. The molecule has 0 fully saturated rings. The van der Waals surface area contributed by atoms with Crippen LogP contribution in [0.4, 0.5) is 0 Å². The van der Waals surface area contributed by atoms with Gasteiger partial charge in [0.25, 0.3) is 17.7 Å². The Balaban J connectivity index is 1.60. The Morgan fingerprint density at radius 1 is 0.871 bits per heavy atom. The zero-order chi connectivity index (χ0) is 22.2. The Labute approximate surface area is 177 Å². The number of nitrogens with two attached hydrogens (primary N) is 1. The minimum Gasteiger partial charge on any atom is -0.457 e. The van der Waals surface area contributed by atoms with Crippen molar-refractivity contribution in [2.75, 3.05) is 7.05 Å². The van der Waals surface area contributed by atoms with Gasteiger partial charge in [-0.1, -0.05) is 12.1 Å². The summed E-state index contributed by atoms with van der Waals surface area (Å²) in [6.07, 6.45) is 1.46. The number of hydrogen-bond donors (Lipinski definition) is 4. The standard InChI is InChI=1S/C21H19N5O5/c1-23-21(29)17-12-15(10-11-24-17)30-14-8-6-13(7-9-14)19(27)25-26-20(28)16-4-2-3-5-18(16)31-22/h2-12H,22H2,1H3,(H,23,29)(H,25,27)(H,26,28). The van der Waals surface area contributed by atoms with Gasteiger partial charge in [-0.3, -0.25) is 30.2 Å². The largest absolute Gasteiger partial charge is 0.457 e. The Bertz CT molecular complexity index is 1100. The summed E-state index contributed by atoms with van der Waals surface area (Å²) in [5.41, 5.74) is 5.29. The summed E-state index contributed by atoms with van der Waals surface area (Å²) in [4.78, 5) is 44.7. The Morgan fingerprint density at radius 2 is 1.58 bits per heavy atom. The first-order valence-electron chi connectivity index (χ1n) is 9.04. The van der Waals surface area contributed by atoms with Gasteiger partial charge in [-0.2, -0.15) is 5.90 Å². The molecule has 158 valence electrons. The van der Waals surface area contributed by atoms with Crippen LogP contribution in [0.5, 0.6) is 17.2 Å². The summed E-state index contributed by atoms with van der Waals surface area (Å²) in [7, 11) is 1.51. The van der Waals surface area contributed by atoms with Crippen LogP contribution in [0.3, 0.4) is 0 Å². The fourth-order valence-electron chi connectivity index (χ4n) is 2.55. The van der Waals surface area contributed by atoms with Crippen molar-refractivity contribution in [3.63, 3.8) is 0 Å². The molecule has 5 N–H and O–H groups in total. The highest BCUT2D eigenvalue weighted by Crippen LogP contribution is 2.22. The third-order valence-electron chi connectivity index (χ3n) is 4.09. The number of carbonyl (C=O) groups excluding carboxylic acids is 3. The molecule has 2 aromatic carbocycles. The maximum absolute atomic E-state index is 12.3. The second kappa shape index (κ2) is 9.85. The van der Waals surface area contributed by atoms with E-state index in [0.717, 1.165) is 0 Å². The van der Waals surface area contributed by atoms with Crippen LogP contribution in [-0.2, 0) is 0 Å². The van der Waals surface area contributed by atoms with E-state index < -0.39 is 11.8 Å². The van der Waals surface area contributed by atoms with E-state index in [1.165, 1.54) is 43.6 Å². The maximum Gasteiger partial charge on any atom is 0.273 e. The highest BCUT2D eigenvalue weighted by atomic mass is 16.6. The predicted molar refractivity (Wildman–Crippen MR) is 110 cm³/mol. The van der Waals surface area contributed by atoms with E-state index >= 15 is 0 Å². The van der Waals surface area contributed by atoms with E-state index in [1.807, 2.05) is 0 Å². The first-order chi connectivity index (χ1) is 15.0. The van der Waals surface area contributed by atoms with Gasteiger partial charge in [0.05, 0.1) is 5.56 Å². The summed E-state index contributed by atoms with van der Waals surface area (Å²) >= 11 is 0. The first-order valence-corrected chi connectivity index (χ1v) is 9.04. The van der Waals surface area contributed by atoms with Crippen molar-refractivity contribution < 1.29 is 24.0 Å². The molecule has 1 aromatic heterocycles. The number of hydrogen-bond acceptors (Lipinski definition) is 7. The molecule has 10 nitrogen and oxygen atoms in total. The molecule has 0 bridgehead atoms. The molecule has 10 heteroatoms. The fourth-order valence-corrected chi connectivity index (χ4v) is 2.55. The van der Waals surface area contributed by atoms with E-state index in [1.54, 1.807) is 30.3 Å². The average molecular weight is 421 g/mol. The van der Waals surface area contributed by atoms with Crippen LogP contribution < -0.4 is 31.6 Å². The Kier molecular flexibility index (Phi) is 6.76. The molecule has 0 unspecified atom stereocenters. The van der Waals surface area contributed by atoms with Crippen molar-refractivity contribution in [2.24, 2.45) is 5.90 Å². The summed E-state index contributed by atoms with van der Waals surface area (Å²) in [5, 5.41) is 2.48. The molecule has 0 spiro atoms. The molecular weight excluding hydrogens is 402 g/mol. The predicted octanol–water partition coefficient (Wildman–Crippen LogP) is 1.56. The number of nitrogens with zero attached hydrogens (tertiary/aromatic N) is 1. The van der Waals surface area contributed by atoms with E-state index in [-0.39, 0.29) is 28.5 Å². The van der Waals surface area contributed by atoms with Gasteiger partial charge >= 0.3 is 0 Å². The molecule has 3 amide bonds. The van der Waals surface area contributed by atoms with Gasteiger partial charge in [-0.15, -0.1) is 0 Å². The van der Waals surface area contributed by atoms with Crippen molar-refractivity contribution in [2.45, 2.75) is 0 Å². The molecule has 0 radical (unpaired) electrons. The zero-order valence-electron chi connectivity index (χ0n) is 16.4. The quantitative estimate of drug-likeness (QED) is 0.442.